The summed E-state index contributed by atoms with van der Waals surface area (Å²) in [6, 6.07) is 4.15. The lowest BCUT2D eigenvalue weighted by molar-refractivity contribution is 0.534. The first-order valence-electron chi connectivity index (χ1n) is 10.1. The van der Waals surface area contributed by atoms with E-state index in [1.807, 2.05) is 36.1 Å². The monoisotopic (exact) mass is 423 g/mol. The Morgan fingerprint density at radius 3 is 2.73 bits per heavy atom. The SMILES string of the molecule is Cc1[nH]c2ncc(-c3nn(C(C)C)cc3-c3ccnc(NCC(C)C)n3)cc2c1Cl. The first-order valence-corrected chi connectivity index (χ1v) is 10.5. The molecule has 30 heavy (non-hydrogen) atoms. The van der Waals surface area contributed by atoms with Gasteiger partial charge < -0.3 is 10.3 Å². The Morgan fingerprint density at radius 2 is 2.00 bits per heavy atom. The fourth-order valence-corrected chi connectivity index (χ4v) is 3.43. The number of rotatable bonds is 6. The van der Waals surface area contributed by atoms with E-state index in [1.165, 1.54) is 0 Å². The van der Waals surface area contributed by atoms with Crippen LogP contribution in [0, 0.1) is 12.8 Å². The number of aromatic nitrogens is 6. The number of fused-ring (bicyclic) bond motifs is 1. The van der Waals surface area contributed by atoms with E-state index >= 15 is 0 Å². The number of halogens is 1. The molecule has 0 atom stereocenters. The Labute approximate surface area is 180 Å². The third-order valence-electron chi connectivity index (χ3n) is 4.89. The zero-order valence-corrected chi connectivity index (χ0v) is 18.6. The molecule has 0 aromatic carbocycles. The second-order valence-corrected chi connectivity index (χ2v) is 8.57. The zero-order chi connectivity index (χ0) is 21.4. The van der Waals surface area contributed by atoms with Gasteiger partial charge in [0.2, 0.25) is 5.95 Å². The highest BCUT2D eigenvalue weighted by molar-refractivity contribution is 6.36. The van der Waals surface area contributed by atoms with E-state index in [1.54, 1.807) is 6.20 Å². The van der Waals surface area contributed by atoms with Crippen molar-refractivity contribution in [2.75, 3.05) is 11.9 Å². The molecule has 0 bridgehead atoms. The minimum Gasteiger partial charge on any atom is -0.354 e. The molecule has 0 amide bonds. The van der Waals surface area contributed by atoms with E-state index in [9.17, 15) is 0 Å². The van der Waals surface area contributed by atoms with Crippen LogP contribution < -0.4 is 5.32 Å². The van der Waals surface area contributed by atoms with E-state index in [-0.39, 0.29) is 6.04 Å². The highest BCUT2D eigenvalue weighted by atomic mass is 35.5. The van der Waals surface area contributed by atoms with Crippen molar-refractivity contribution >= 4 is 28.6 Å². The molecule has 0 saturated carbocycles. The lowest BCUT2D eigenvalue weighted by atomic mass is 10.1. The molecule has 156 valence electrons. The highest BCUT2D eigenvalue weighted by Gasteiger charge is 2.18. The van der Waals surface area contributed by atoms with Crippen molar-refractivity contribution < 1.29 is 0 Å². The summed E-state index contributed by atoms with van der Waals surface area (Å²) < 4.78 is 1.95. The van der Waals surface area contributed by atoms with Crippen molar-refractivity contribution in [3.8, 4) is 22.5 Å². The van der Waals surface area contributed by atoms with Gasteiger partial charge in [0, 0.05) is 53.4 Å². The maximum atomic E-state index is 6.47. The van der Waals surface area contributed by atoms with Crippen molar-refractivity contribution in [3.63, 3.8) is 0 Å². The van der Waals surface area contributed by atoms with E-state index in [0.29, 0.717) is 16.9 Å². The molecule has 4 rings (SSSR count). The van der Waals surface area contributed by atoms with Gasteiger partial charge in [0.1, 0.15) is 11.3 Å². The van der Waals surface area contributed by atoms with Crippen LogP contribution in [0.5, 0.6) is 0 Å². The topological polar surface area (TPSA) is 84.3 Å². The molecule has 4 aromatic heterocycles. The van der Waals surface area contributed by atoms with Crippen molar-refractivity contribution in [2.45, 2.75) is 40.7 Å². The number of hydrogen-bond acceptors (Lipinski definition) is 5. The van der Waals surface area contributed by atoms with Gasteiger partial charge in [-0.3, -0.25) is 4.68 Å². The second kappa shape index (κ2) is 8.07. The third kappa shape index (κ3) is 3.89. The van der Waals surface area contributed by atoms with Crippen LogP contribution in [0.1, 0.15) is 39.4 Å². The number of H-pyrrole nitrogens is 1. The van der Waals surface area contributed by atoms with E-state index in [2.05, 4.69) is 48.0 Å². The van der Waals surface area contributed by atoms with Crippen molar-refractivity contribution in [1.82, 2.24) is 29.7 Å². The van der Waals surface area contributed by atoms with Crippen molar-refractivity contribution in [3.05, 3.63) is 41.4 Å². The number of nitrogens with one attached hydrogen (secondary N) is 2. The summed E-state index contributed by atoms with van der Waals surface area (Å²) in [6.45, 7) is 11.3. The molecule has 0 saturated heterocycles. The molecular weight excluding hydrogens is 398 g/mol. The number of aryl methyl sites for hydroxylation is 1. The van der Waals surface area contributed by atoms with Crippen LogP contribution in [-0.2, 0) is 0 Å². The Morgan fingerprint density at radius 1 is 1.20 bits per heavy atom. The van der Waals surface area contributed by atoms with E-state index in [0.717, 1.165) is 45.8 Å². The molecule has 0 unspecified atom stereocenters. The minimum absolute atomic E-state index is 0.215. The average molecular weight is 424 g/mol. The average Bonchev–Trinajstić information content (AvgIpc) is 3.29. The van der Waals surface area contributed by atoms with Crippen LogP contribution in [-0.4, -0.2) is 36.3 Å². The maximum absolute atomic E-state index is 6.47. The minimum atomic E-state index is 0.215. The molecule has 4 heterocycles. The molecule has 0 aliphatic carbocycles. The summed E-state index contributed by atoms with van der Waals surface area (Å²) >= 11 is 6.47. The first kappa shape index (κ1) is 20.3. The second-order valence-electron chi connectivity index (χ2n) is 8.19. The van der Waals surface area contributed by atoms with Gasteiger partial charge in [-0.2, -0.15) is 5.10 Å². The van der Waals surface area contributed by atoms with Crippen LogP contribution in [0.3, 0.4) is 0 Å². The van der Waals surface area contributed by atoms with Gasteiger partial charge in [0.25, 0.3) is 0 Å². The predicted octanol–water partition coefficient (Wildman–Crippen LogP) is 5.49. The summed E-state index contributed by atoms with van der Waals surface area (Å²) in [6.07, 6.45) is 5.63. The zero-order valence-electron chi connectivity index (χ0n) is 17.9. The van der Waals surface area contributed by atoms with Crippen LogP contribution in [0.2, 0.25) is 5.02 Å². The number of hydrogen-bond donors (Lipinski definition) is 2. The standard InChI is InChI=1S/C22H26ClN7/c1-12(2)9-26-22-24-7-6-18(28-22)17-11-30(13(3)4)29-20(17)15-8-16-19(23)14(5)27-21(16)25-10-15/h6-8,10-13H,9H2,1-5H3,(H,25,27)(H,24,26,28). The summed E-state index contributed by atoms with van der Waals surface area (Å²) in [7, 11) is 0. The number of aromatic amines is 1. The van der Waals surface area contributed by atoms with Crippen LogP contribution >= 0.6 is 11.6 Å². The number of pyridine rings is 1. The van der Waals surface area contributed by atoms with Gasteiger partial charge in [0.05, 0.1) is 10.7 Å². The predicted molar refractivity (Wildman–Crippen MR) is 122 cm³/mol. The Bertz CT molecular complexity index is 1190. The van der Waals surface area contributed by atoms with Crippen LogP contribution in [0.4, 0.5) is 5.95 Å². The smallest absolute Gasteiger partial charge is 0.223 e. The lowest BCUT2D eigenvalue weighted by Crippen LogP contribution is -2.10. The summed E-state index contributed by atoms with van der Waals surface area (Å²) in [4.78, 5) is 16.9. The van der Waals surface area contributed by atoms with Gasteiger partial charge in [-0.25, -0.2) is 15.0 Å². The number of anilines is 1. The maximum Gasteiger partial charge on any atom is 0.223 e. The molecule has 4 aromatic rings. The Balaban J connectivity index is 1.82. The van der Waals surface area contributed by atoms with Crippen molar-refractivity contribution in [2.24, 2.45) is 5.92 Å². The molecule has 0 aliphatic rings. The summed E-state index contributed by atoms with van der Waals surface area (Å²) in [5.41, 5.74) is 5.14. The number of nitrogens with zero attached hydrogens (tertiary/aromatic N) is 5. The molecule has 0 fully saturated rings. The Kier molecular flexibility index (Phi) is 5.47. The Hall–Kier alpha value is -2.93. The largest absolute Gasteiger partial charge is 0.354 e. The lowest BCUT2D eigenvalue weighted by Gasteiger charge is -2.08. The van der Waals surface area contributed by atoms with Gasteiger partial charge in [-0.1, -0.05) is 25.4 Å². The fourth-order valence-electron chi connectivity index (χ4n) is 3.24. The summed E-state index contributed by atoms with van der Waals surface area (Å²) in [5.74, 6) is 1.12. The van der Waals surface area contributed by atoms with E-state index < -0.39 is 0 Å². The van der Waals surface area contributed by atoms with Crippen LogP contribution in [0.25, 0.3) is 33.5 Å². The quantitative estimate of drug-likeness (QED) is 0.428. The normalized spacial score (nSPS) is 11.7. The molecule has 0 aliphatic heterocycles. The fraction of sp³-hybridized carbons (Fsp3) is 0.364. The molecule has 0 spiro atoms. The van der Waals surface area contributed by atoms with E-state index in [4.69, 9.17) is 21.7 Å². The summed E-state index contributed by atoms with van der Waals surface area (Å²) in [5, 5.41) is 9.71. The third-order valence-corrected chi connectivity index (χ3v) is 5.38. The molecule has 2 N–H and O–H groups in total. The van der Waals surface area contributed by atoms with Crippen LogP contribution in [0.15, 0.2) is 30.7 Å². The first-order chi connectivity index (χ1) is 14.3. The molecule has 7 nitrogen and oxygen atoms in total. The molecule has 0 radical (unpaired) electrons. The van der Waals surface area contributed by atoms with Crippen molar-refractivity contribution in [1.29, 1.82) is 0 Å². The van der Waals surface area contributed by atoms with Gasteiger partial charge in [-0.05, 0) is 38.8 Å². The van der Waals surface area contributed by atoms with Gasteiger partial charge >= 0.3 is 0 Å². The molecule has 8 heteroatoms. The molecular formula is C22H26ClN7. The van der Waals surface area contributed by atoms with Gasteiger partial charge in [-0.15, -0.1) is 0 Å². The highest BCUT2D eigenvalue weighted by Crippen LogP contribution is 2.34. The van der Waals surface area contributed by atoms with Gasteiger partial charge in [0.15, 0.2) is 0 Å².